The largest absolute Gasteiger partial charge is 0.339 e. The highest BCUT2D eigenvalue weighted by molar-refractivity contribution is 7.92. The number of nitrogens with one attached hydrogen (secondary N) is 3. The van der Waals surface area contributed by atoms with Crippen molar-refractivity contribution in [3.63, 3.8) is 0 Å². The number of nitrogens with zero attached hydrogens (tertiary/aromatic N) is 2. The molecule has 1 heterocycles. The van der Waals surface area contributed by atoms with Gasteiger partial charge >= 0.3 is 0 Å². The summed E-state index contributed by atoms with van der Waals surface area (Å²) < 4.78 is 25.2. The van der Waals surface area contributed by atoms with Gasteiger partial charge in [0.15, 0.2) is 11.6 Å². The molecule has 0 radical (unpaired) electrons. The Bertz CT molecular complexity index is 790. The molecule has 1 amide bonds. The van der Waals surface area contributed by atoms with Crippen LogP contribution < -0.4 is 15.4 Å². The van der Waals surface area contributed by atoms with E-state index in [1.54, 1.807) is 30.3 Å². The van der Waals surface area contributed by atoms with Gasteiger partial charge in [0.1, 0.15) is 0 Å². The molecule has 1 aromatic carbocycles. The SMILES string of the molecule is CCS(=O)(=O)Nc1ccc(Nc2cccc(NC(C)=O)c2)nn1. The maximum Gasteiger partial charge on any atom is 0.233 e. The summed E-state index contributed by atoms with van der Waals surface area (Å²) in [6.45, 7) is 2.97. The zero-order chi connectivity index (χ0) is 16.9. The van der Waals surface area contributed by atoms with Crippen molar-refractivity contribution in [3.05, 3.63) is 36.4 Å². The molecule has 9 heteroatoms. The molecule has 0 saturated heterocycles. The molecule has 122 valence electrons. The maximum absolute atomic E-state index is 11.4. The van der Waals surface area contributed by atoms with Gasteiger partial charge in [0.2, 0.25) is 15.9 Å². The molecule has 3 N–H and O–H groups in total. The molecule has 0 spiro atoms. The Kier molecular flexibility index (Phi) is 5.12. The monoisotopic (exact) mass is 335 g/mol. The van der Waals surface area contributed by atoms with Crippen molar-refractivity contribution in [2.45, 2.75) is 13.8 Å². The van der Waals surface area contributed by atoms with Gasteiger partial charge in [-0.15, -0.1) is 10.2 Å². The Hall–Kier alpha value is -2.68. The van der Waals surface area contributed by atoms with E-state index >= 15 is 0 Å². The fourth-order valence-electron chi connectivity index (χ4n) is 1.71. The lowest BCUT2D eigenvalue weighted by Crippen LogP contribution is -2.15. The van der Waals surface area contributed by atoms with Crippen LogP contribution in [0.15, 0.2) is 36.4 Å². The summed E-state index contributed by atoms with van der Waals surface area (Å²) in [5, 5.41) is 13.4. The highest BCUT2D eigenvalue weighted by atomic mass is 32.2. The van der Waals surface area contributed by atoms with E-state index in [2.05, 4.69) is 25.6 Å². The van der Waals surface area contributed by atoms with Crippen molar-refractivity contribution in [3.8, 4) is 0 Å². The summed E-state index contributed by atoms with van der Waals surface area (Å²) in [7, 11) is -3.37. The lowest BCUT2D eigenvalue weighted by molar-refractivity contribution is -0.114. The third-order valence-corrected chi connectivity index (χ3v) is 4.04. The first-order valence-electron chi connectivity index (χ1n) is 6.87. The van der Waals surface area contributed by atoms with Crippen molar-refractivity contribution in [2.75, 3.05) is 21.1 Å². The predicted molar refractivity (Wildman–Crippen MR) is 89.1 cm³/mol. The van der Waals surface area contributed by atoms with Crippen molar-refractivity contribution in [1.29, 1.82) is 0 Å². The highest BCUT2D eigenvalue weighted by Crippen LogP contribution is 2.19. The molecule has 0 aliphatic heterocycles. The van der Waals surface area contributed by atoms with E-state index in [1.165, 1.54) is 19.9 Å². The molecule has 0 atom stereocenters. The average molecular weight is 335 g/mol. The lowest BCUT2D eigenvalue weighted by Gasteiger charge is -2.08. The second kappa shape index (κ2) is 7.05. The zero-order valence-corrected chi connectivity index (χ0v) is 13.5. The Morgan fingerprint density at radius 2 is 1.74 bits per heavy atom. The molecular weight excluding hydrogens is 318 g/mol. The van der Waals surface area contributed by atoms with Gasteiger partial charge in [-0.2, -0.15) is 0 Å². The number of amides is 1. The standard InChI is InChI=1S/C14H17N5O3S/c1-3-23(21,22)19-14-8-7-13(17-18-14)16-12-6-4-5-11(9-12)15-10(2)20/h4-9H,3H2,1-2H3,(H,15,20)(H,16,17)(H,18,19). The van der Waals surface area contributed by atoms with E-state index in [0.717, 1.165) is 0 Å². The van der Waals surface area contributed by atoms with Gasteiger partial charge in [-0.1, -0.05) is 6.07 Å². The quantitative estimate of drug-likeness (QED) is 0.743. The van der Waals surface area contributed by atoms with Gasteiger partial charge in [0.25, 0.3) is 0 Å². The molecule has 2 rings (SSSR count). The Morgan fingerprint density at radius 3 is 2.35 bits per heavy atom. The zero-order valence-electron chi connectivity index (χ0n) is 12.7. The lowest BCUT2D eigenvalue weighted by atomic mass is 10.2. The summed E-state index contributed by atoms with van der Waals surface area (Å²) >= 11 is 0. The van der Waals surface area contributed by atoms with Crippen LogP contribution in [0.4, 0.5) is 23.0 Å². The molecule has 0 unspecified atom stereocenters. The second-order valence-corrected chi connectivity index (χ2v) is 6.71. The smallest absolute Gasteiger partial charge is 0.233 e. The summed E-state index contributed by atoms with van der Waals surface area (Å²) in [6, 6.07) is 10.2. The molecule has 8 nitrogen and oxygen atoms in total. The minimum atomic E-state index is -3.37. The number of carbonyl (C=O) groups is 1. The molecule has 0 fully saturated rings. The summed E-state index contributed by atoms with van der Waals surface area (Å²) in [5.41, 5.74) is 1.37. The van der Waals surface area contributed by atoms with Crippen LogP contribution in [0.2, 0.25) is 0 Å². The van der Waals surface area contributed by atoms with Crippen LogP contribution in [0.1, 0.15) is 13.8 Å². The second-order valence-electron chi connectivity index (χ2n) is 4.70. The predicted octanol–water partition coefficient (Wildman–Crippen LogP) is 1.94. The topological polar surface area (TPSA) is 113 Å². The van der Waals surface area contributed by atoms with Crippen LogP contribution in [-0.4, -0.2) is 30.3 Å². The normalized spacial score (nSPS) is 10.9. The van der Waals surface area contributed by atoms with E-state index in [4.69, 9.17) is 0 Å². The fourth-order valence-corrected chi connectivity index (χ4v) is 2.28. The number of sulfonamides is 1. The molecule has 0 aliphatic carbocycles. The Balaban J connectivity index is 2.08. The molecule has 0 bridgehead atoms. The Morgan fingerprint density at radius 1 is 1.09 bits per heavy atom. The third-order valence-electron chi connectivity index (χ3n) is 2.76. The van der Waals surface area contributed by atoms with E-state index in [9.17, 15) is 13.2 Å². The van der Waals surface area contributed by atoms with E-state index in [0.29, 0.717) is 17.2 Å². The highest BCUT2D eigenvalue weighted by Gasteiger charge is 2.08. The van der Waals surface area contributed by atoms with Gasteiger partial charge in [-0.25, -0.2) is 8.42 Å². The van der Waals surface area contributed by atoms with Crippen molar-refractivity contribution in [1.82, 2.24) is 10.2 Å². The van der Waals surface area contributed by atoms with Crippen LogP contribution in [0, 0.1) is 0 Å². The minimum absolute atomic E-state index is 0.0371. The molecule has 0 aliphatic rings. The number of aromatic nitrogens is 2. The van der Waals surface area contributed by atoms with Gasteiger partial charge in [-0.05, 0) is 37.3 Å². The maximum atomic E-state index is 11.4. The number of carbonyl (C=O) groups excluding carboxylic acids is 1. The first-order chi connectivity index (χ1) is 10.9. The van der Waals surface area contributed by atoms with E-state index < -0.39 is 10.0 Å². The van der Waals surface area contributed by atoms with Crippen LogP contribution in [0.25, 0.3) is 0 Å². The molecule has 2 aromatic rings. The Labute approximate surface area is 134 Å². The first kappa shape index (κ1) is 16.7. The van der Waals surface area contributed by atoms with E-state index in [1.807, 2.05) is 0 Å². The van der Waals surface area contributed by atoms with Gasteiger partial charge in [0, 0.05) is 18.3 Å². The van der Waals surface area contributed by atoms with Crippen molar-refractivity contribution in [2.24, 2.45) is 0 Å². The number of hydrogen-bond donors (Lipinski definition) is 3. The first-order valence-corrected chi connectivity index (χ1v) is 8.52. The van der Waals surface area contributed by atoms with E-state index in [-0.39, 0.29) is 17.5 Å². The van der Waals surface area contributed by atoms with Gasteiger partial charge in [0.05, 0.1) is 5.75 Å². The molecular formula is C14H17N5O3S. The molecule has 1 aromatic heterocycles. The summed E-state index contributed by atoms with van der Waals surface area (Å²) in [6.07, 6.45) is 0. The summed E-state index contributed by atoms with van der Waals surface area (Å²) in [4.78, 5) is 11.0. The molecule has 0 saturated carbocycles. The molecule has 23 heavy (non-hydrogen) atoms. The number of benzene rings is 1. The number of hydrogen-bond acceptors (Lipinski definition) is 6. The van der Waals surface area contributed by atoms with Crippen molar-refractivity contribution < 1.29 is 13.2 Å². The fraction of sp³-hybridized carbons (Fsp3) is 0.214. The van der Waals surface area contributed by atoms with Crippen LogP contribution in [0.5, 0.6) is 0 Å². The average Bonchev–Trinajstić information content (AvgIpc) is 2.49. The van der Waals surface area contributed by atoms with Gasteiger partial charge < -0.3 is 10.6 Å². The van der Waals surface area contributed by atoms with Crippen LogP contribution >= 0.6 is 0 Å². The van der Waals surface area contributed by atoms with Crippen LogP contribution in [-0.2, 0) is 14.8 Å². The summed E-state index contributed by atoms with van der Waals surface area (Å²) in [5.74, 6) is 0.410. The van der Waals surface area contributed by atoms with Gasteiger partial charge in [-0.3, -0.25) is 9.52 Å². The number of anilines is 4. The van der Waals surface area contributed by atoms with Crippen LogP contribution in [0.3, 0.4) is 0 Å². The van der Waals surface area contributed by atoms with Crippen molar-refractivity contribution >= 4 is 38.9 Å². The minimum Gasteiger partial charge on any atom is -0.339 e. The third kappa shape index (κ3) is 5.22. The number of rotatable bonds is 6.